The minimum absolute atomic E-state index is 0.105. The zero-order chi connectivity index (χ0) is 20.9. The van der Waals surface area contributed by atoms with E-state index in [0.29, 0.717) is 6.54 Å². The molecule has 0 atom stereocenters. The fraction of sp³-hybridized carbons (Fsp3) is 0.435. The molecule has 1 amide bonds. The number of sulfonamides is 1. The predicted molar refractivity (Wildman–Crippen MR) is 115 cm³/mol. The van der Waals surface area contributed by atoms with Crippen molar-refractivity contribution in [3.8, 4) is 0 Å². The number of fused-ring (bicyclic) bond motifs is 1. The summed E-state index contributed by atoms with van der Waals surface area (Å²) in [4.78, 5) is 12.5. The van der Waals surface area contributed by atoms with Gasteiger partial charge in [0.25, 0.3) is 0 Å². The van der Waals surface area contributed by atoms with Crippen molar-refractivity contribution in [2.24, 2.45) is 0 Å². The number of anilines is 1. The van der Waals surface area contributed by atoms with Gasteiger partial charge in [-0.25, -0.2) is 13.1 Å². The summed E-state index contributed by atoms with van der Waals surface area (Å²) in [6, 6.07) is 13.5. The summed E-state index contributed by atoms with van der Waals surface area (Å²) < 4.78 is 29.3. The highest BCUT2D eigenvalue weighted by molar-refractivity contribution is 7.89. The van der Waals surface area contributed by atoms with Gasteiger partial charge < -0.3 is 5.32 Å². The number of carbonyl (C=O) groups excluding carboxylic acids is 1. The molecule has 4 rings (SSSR count). The molecule has 1 saturated carbocycles. The Morgan fingerprint density at radius 1 is 1.07 bits per heavy atom. The van der Waals surface area contributed by atoms with Crippen molar-refractivity contribution in [1.29, 1.82) is 0 Å². The van der Waals surface area contributed by atoms with Crippen LogP contribution in [0.5, 0.6) is 0 Å². The van der Waals surface area contributed by atoms with Gasteiger partial charge in [0.2, 0.25) is 15.9 Å². The maximum atomic E-state index is 13.2. The summed E-state index contributed by atoms with van der Waals surface area (Å²) >= 11 is 0. The van der Waals surface area contributed by atoms with Crippen LogP contribution in [-0.2, 0) is 25.6 Å². The van der Waals surface area contributed by atoms with Crippen LogP contribution in [0.2, 0.25) is 0 Å². The molecule has 1 aliphatic carbocycles. The summed E-state index contributed by atoms with van der Waals surface area (Å²) in [6.07, 6.45) is 4.18. The maximum Gasteiger partial charge on any atom is 0.240 e. The second-order valence-corrected chi connectivity index (χ2v) is 10.7. The molecule has 0 saturated heterocycles. The monoisotopic (exact) mass is 412 g/mol. The molecular formula is C23H28N2O3S. The van der Waals surface area contributed by atoms with Gasteiger partial charge in [0, 0.05) is 17.6 Å². The molecule has 6 heteroatoms. The number of benzene rings is 2. The largest absolute Gasteiger partial charge is 0.325 e. The molecule has 2 aromatic rings. The smallest absolute Gasteiger partial charge is 0.240 e. The highest BCUT2D eigenvalue weighted by Crippen LogP contribution is 2.42. The third kappa shape index (κ3) is 3.38. The predicted octanol–water partition coefficient (Wildman–Crippen LogP) is 4.02. The van der Waals surface area contributed by atoms with Crippen LogP contribution in [0.1, 0.15) is 56.2 Å². The van der Waals surface area contributed by atoms with E-state index in [2.05, 4.69) is 22.2 Å². The number of nitrogens with one attached hydrogen (secondary N) is 2. The zero-order valence-corrected chi connectivity index (χ0v) is 18.0. The average molecular weight is 413 g/mol. The van der Waals surface area contributed by atoms with Gasteiger partial charge in [-0.05, 0) is 62.4 Å². The van der Waals surface area contributed by atoms with Crippen molar-refractivity contribution < 1.29 is 13.2 Å². The highest BCUT2D eigenvalue weighted by Gasteiger charge is 2.41. The Balaban J connectivity index is 1.64. The van der Waals surface area contributed by atoms with Gasteiger partial charge in [0.15, 0.2) is 0 Å². The summed E-state index contributed by atoms with van der Waals surface area (Å²) in [7, 11) is -3.69. The molecule has 1 fully saturated rings. The molecule has 2 aliphatic rings. The number of hydrogen-bond donors (Lipinski definition) is 2. The Hall–Kier alpha value is -2.18. The molecule has 29 heavy (non-hydrogen) atoms. The standard InChI is InChI=1S/C23H28N2O3S/c1-16-13-18(14-19-20(16)25-21(26)22(19,2)3)29(27,28)24-15-23(11-7-8-12-23)17-9-5-4-6-10-17/h4-6,9-10,13-14,24H,7-8,11-12,15H2,1-3H3,(H,25,26). The van der Waals surface area contributed by atoms with Crippen LogP contribution in [-0.4, -0.2) is 20.9 Å². The Kier molecular flexibility index (Phi) is 4.82. The van der Waals surface area contributed by atoms with Gasteiger partial charge in [-0.3, -0.25) is 4.79 Å². The second kappa shape index (κ2) is 6.96. The summed E-state index contributed by atoms with van der Waals surface area (Å²) in [6.45, 7) is 5.86. The molecule has 2 N–H and O–H groups in total. The number of aryl methyl sites for hydroxylation is 1. The molecule has 1 aliphatic heterocycles. The van der Waals surface area contributed by atoms with Gasteiger partial charge in [0.1, 0.15) is 0 Å². The van der Waals surface area contributed by atoms with E-state index in [1.165, 1.54) is 5.56 Å². The SMILES string of the molecule is Cc1cc(S(=O)(=O)NCC2(c3ccccc3)CCCC2)cc2c1NC(=O)C2(C)C. The quantitative estimate of drug-likeness (QED) is 0.779. The summed E-state index contributed by atoms with van der Waals surface area (Å²) in [5.74, 6) is -0.105. The van der Waals surface area contributed by atoms with Crippen LogP contribution in [0.15, 0.2) is 47.4 Å². The van der Waals surface area contributed by atoms with Gasteiger partial charge in [-0.1, -0.05) is 43.2 Å². The van der Waals surface area contributed by atoms with Gasteiger partial charge in [-0.15, -0.1) is 0 Å². The van der Waals surface area contributed by atoms with Crippen molar-refractivity contribution >= 4 is 21.6 Å². The van der Waals surface area contributed by atoms with Crippen molar-refractivity contribution in [3.05, 3.63) is 59.2 Å². The summed E-state index contributed by atoms with van der Waals surface area (Å²) in [5.41, 5.74) is 2.53. The second-order valence-electron chi connectivity index (χ2n) is 8.92. The van der Waals surface area contributed by atoms with Crippen molar-refractivity contribution in [1.82, 2.24) is 4.72 Å². The van der Waals surface area contributed by atoms with Crippen molar-refractivity contribution in [2.75, 3.05) is 11.9 Å². The highest BCUT2D eigenvalue weighted by atomic mass is 32.2. The van der Waals surface area contributed by atoms with Crippen LogP contribution < -0.4 is 10.0 Å². The normalized spacial score (nSPS) is 19.8. The van der Waals surface area contributed by atoms with Crippen molar-refractivity contribution in [3.63, 3.8) is 0 Å². The molecule has 154 valence electrons. The van der Waals surface area contributed by atoms with E-state index in [1.807, 2.05) is 39.0 Å². The van der Waals surface area contributed by atoms with Crippen LogP contribution in [0.25, 0.3) is 0 Å². The van der Waals surface area contributed by atoms with Crippen LogP contribution in [0.3, 0.4) is 0 Å². The fourth-order valence-corrected chi connectivity index (χ4v) is 5.93. The van der Waals surface area contributed by atoms with Gasteiger partial charge in [0.05, 0.1) is 10.3 Å². The lowest BCUT2D eigenvalue weighted by Crippen LogP contribution is -2.39. The molecule has 0 aromatic heterocycles. The molecule has 5 nitrogen and oxygen atoms in total. The first kappa shape index (κ1) is 20.1. The van der Waals surface area contributed by atoms with E-state index in [4.69, 9.17) is 0 Å². The lowest BCUT2D eigenvalue weighted by Gasteiger charge is -2.30. The topological polar surface area (TPSA) is 75.3 Å². The van der Waals surface area contributed by atoms with E-state index in [1.54, 1.807) is 12.1 Å². The number of hydrogen-bond acceptors (Lipinski definition) is 3. The van der Waals surface area contributed by atoms with Crippen LogP contribution >= 0.6 is 0 Å². The average Bonchev–Trinajstić information content (AvgIpc) is 3.26. The van der Waals surface area contributed by atoms with E-state index in [-0.39, 0.29) is 16.2 Å². The Morgan fingerprint density at radius 3 is 2.38 bits per heavy atom. The molecule has 0 bridgehead atoms. The molecule has 1 heterocycles. The van der Waals surface area contributed by atoms with Crippen molar-refractivity contribution in [2.45, 2.75) is 62.2 Å². The number of amides is 1. The Morgan fingerprint density at radius 2 is 1.72 bits per heavy atom. The first-order chi connectivity index (χ1) is 13.7. The fourth-order valence-electron chi connectivity index (χ4n) is 4.69. The first-order valence-corrected chi connectivity index (χ1v) is 11.7. The Bertz CT molecular complexity index is 1050. The van der Waals surface area contributed by atoms with E-state index in [9.17, 15) is 13.2 Å². The molecule has 2 aromatic carbocycles. The molecule has 0 radical (unpaired) electrons. The van der Waals surface area contributed by atoms with Crippen LogP contribution in [0.4, 0.5) is 5.69 Å². The molecule has 0 spiro atoms. The molecular weight excluding hydrogens is 384 g/mol. The van der Waals surface area contributed by atoms with E-state index < -0.39 is 15.4 Å². The number of rotatable bonds is 5. The minimum Gasteiger partial charge on any atom is -0.325 e. The Labute approximate surface area is 173 Å². The van der Waals surface area contributed by atoms with Gasteiger partial charge in [-0.2, -0.15) is 0 Å². The van der Waals surface area contributed by atoms with Gasteiger partial charge >= 0.3 is 0 Å². The third-order valence-electron chi connectivity index (χ3n) is 6.65. The zero-order valence-electron chi connectivity index (χ0n) is 17.2. The minimum atomic E-state index is -3.69. The lowest BCUT2D eigenvalue weighted by atomic mass is 9.79. The van der Waals surface area contributed by atoms with E-state index in [0.717, 1.165) is 42.5 Å². The van der Waals surface area contributed by atoms with E-state index >= 15 is 0 Å². The first-order valence-electron chi connectivity index (χ1n) is 10.2. The third-order valence-corrected chi connectivity index (χ3v) is 8.03. The summed E-state index contributed by atoms with van der Waals surface area (Å²) in [5, 5.41) is 2.88. The lowest BCUT2D eigenvalue weighted by molar-refractivity contribution is -0.119. The maximum absolute atomic E-state index is 13.2. The van der Waals surface area contributed by atoms with Crippen LogP contribution in [0, 0.1) is 6.92 Å². The molecule has 0 unspecified atom stereocenters. The number of carbonyl (C=O) groups is 1.